The van der Waals surface area contributed by atoms with Crippen LogP contribution in [-0.2, 0) is 11.3 Å². The fourth-order valence-corrected chi connectivity index (χ4v) is 3.29. The van der Waals surface area contributed by atoms with Crippen LogP contribution < -0.4 is 5.32 Å². The van der Waals surface area contributed by atoms with E-state index in [4.69, 9.17) is 4.74 Å². The van der Waals surface area contributed by atoms with E-state index in [0.717, 1.165) is 22.9 Å². The number of nitrogens with one attached hydrogen (secondary N) is 1. The Labute approximate surface area is 155 Å². The second-order valence-electron chi connectivity index (χ2n) is 6.07. The van der Waals surface area contributed by atoms with E-state index in [0.29, 0.717) is 13.2 Å². The quantitative estimate of drug-likeness (QED) is 0.539. The third-order valence-corrected chi connectivity index (χ3v) is 4.60. The molecule has 1 N–H and O–H groups in total. The highest BCUT2D eigenvalue weighted by Gasteiger charge is 2.11. The normalized spacial score (nSPS) is 12.3. The van der Waals surface area contributed by atoms with Gasteiger partial charge in [0.05, 0.1) is 13.2 Å². The molecule has 1 aromatic carbocycles. The van der Waals surface area contributed by atoms with Crippen molar-refractivity contribution in [3.8, 4) is 11.4 Å². The smallest absolute Gasteiger partial charge is 0.186 e. The van der Waals surface area contributed by atoms with Gasteiger partial charge in [0.2, 0.25) is 0 Å². The Bertz CT molecular complexity index is 968. The summed E-state index contributed by atoms with van der Waals surface area (Å²) in [5.41, 5.74) is 2.92. The van der Waals surface area contributed by atoms with Crippen LogP contribution in [0.1, 0.15) is 12.5 Å². The first kappa shape index (κ1) is 16.7. The number of aromatic nitrogens is 4. The first-order valence-electron chi connectivity index (χ1n) is 8.43. The predicted octanol–water partition coefficient (Wildman–Crippen LogP) is 3.87. The Kier molecular flexibility index (Phi) is 4.90. The summed E-state index contributed by atoms with van der Waals surface area (Å²) in [5.74, 6) is 1.52. The van der Waals surface area contributed by atoms with Crippen LogP contribution in [0.3, 0.4) is 0 Å². The molecule has 0 saturated carbocycles. The molecule has 0 aliphatic rings. The number of rotatable bonds is 7. The molecule has 132 valence electrons. The first-order chi connectivity index (χ1) is 12.8. The van der Waals surface area contributed by atoms with E-state index < -0.39 is 0 Å². The van der Waals surface area contributed by atoms with Crippen molar-refractivity contribution in [2.24, 2.45) is 0 Å². The number of thiophene rings is 1. The van der Waals surface area contributed by atoms with Gasteiger partial charge in [-0.05, 0) is 36.1 Å². The monoisotopic (exact) mass is 365 g/mol. The minimum Gasteiger partial charge on any atom is -0.375 e. The van der Waals surface area contributed by atoms with Crippen molar-refractivity contribution in [2.75, 3.05) is 11.9 Å². The summed E-state index contributed by atoms with van der Waals surface area (Å²) in [4.78, 5) is 0. The number of fused-ring (bicyclic) bond motifs is 1. The van der Waals surface area contributed by atoms with Gasteiger partial charge in [0, 0.05) is 17.0 Å². The van der Waals surface area contributed by atoms with Gasteiger partial charge in [-0.15, -0.1) is 15.3 Å². The molecule has 0 bridgehead atoms. The van der Waals surface area contributed by atoms with E-state index in [1.165, 1.54) is 5.56 Å². The molecule has 0 radical (unpaired) electrons. The Hall–Kier alpha value is -2.77. The molecule has 3 heterocycles. The largest absolute Gasteiger partial charge is 0.375 e. The summed E-state index contributed by atoms with van der Waals surface area (Å²) >= 11 is 1.63. The number of hydrogen-bond donors (Lipinski definition) is 1. The fourth-order valence-electron chi connectivity index (χ4n) is 2.66. The van der Waals surface area contributed by atoms with E-state index >= 15 is 0 Å². The number of ether oxygens (including phenoxy) is 1. The van der Waals surface area contributed by atoms with Crippen LogP contribution in [0.25, 0.3) is 17.0 Å². The van der Waals surface area contributed by atoms with Crippen LogP contribution in [0, 0.1) is 0 Å². The maximum absolute atomic E-state index is 5.79. The standard InChI is InChI=1S/C19H19N5OS/c1-14(11-25-12-15-5-3-2-4-6-15)20-17-7-8-18-21-22-19(24(18)23-17)16-9-10-26-13-16/h2-10,13-14H,11-12H2,1H3,(H,20,23)/t14-/m1/s1. The van der Waals surface area contributed by atoms with Crippen LogP contribution in [0.5, 0.6) is 0 Å². The van der Waals surface area contributed by atoms with Crippen molar-refractivity contribution in [3.63, 3.8) is 0 Å². The zero-order valence-electron chi connectivity index (χ0n) is 14.4. The average Bonchev–Trinajstić information content (AvgIpc) is 3.31. The molecule has 1 atom stereocenters. The van der Waals surface area contributed by atoms with Crippen molar-refractivity contribution in [1.82, 2.24) is 19.8 Å². The lowest BCUT2D eigenvalue weighted by molar-refractivity contribution is 0.115. The van der Waals surface area contributed by atoms with Gasteiger partial charge in [-0.25, -0.2) is 0 Å². The Morgan fingerprint density at radius 1 is 1.12 bits per heavy atom. The van der Waals surface area contributed by atoms with Crippen molar-refractivity contribution >= 4 is 22.8 Å². The molecule has 0 amide bonds. The van der Waals surface area contributed by atoms with Gasteiger partial charge in [0.25, 0.3) is 0 Å². The van der Waals surface area contributed by atoms with Gasteiger partial charge >= 0.3 is 0 Å². The zero-order chi connectivity index (χ0) is 17.8. The molecule has 0 spiro atoms. The van der Waals surface area contributed by atoms with Gasteiger partial charge < -0.3 is 10.1 Å². The van der Waals surface area contributed by atoms with Gasteiger partial charge in [0.15, 0.2) is 11.5 Å². The summed E-state index contributed by atoms with van der Waals surface area (Å²) < 4.78 is 7.55. The van der Waals surface area contributed by atoms with Crippen LogP contribution in [-0.4, -0.2) is 32.5 Å². The molecule has 4 rings (SSSR count). The minimum absolute atomic E-state index is 0.129. The second kappa shape index (κ2) is 7.63. The third-order valence-electron chi connectivity index (χ3n) is 3.92. The van der Waals surface area contributed by atoms with E-state index in [1.807, 2.05) is 47.2 Å². The third kappa shape index (κ3) is 3.74. The number of anilines is 1. The molecule has 7 heteroatoms. The average molecular weight is 365 g/mol. The molecule has 4 aromatic rings. The number of nitrogens with zero attached hydrogens (tertiary/aromatic N) is 4. The van der Waals surface area contributed by atoms with E-state index in [-0.39, 0.29) is 6.04 Å². The van der Waals surface area contributed by atoms with Crippen LogP contribution in [0.4, 0.5) is 5.82 Å². The van der Waals surface area contributed by atoms with Gasteiger partial charge in [0.1, 0.15) is 5.82 Å². The molecule has 6 nitrogen and oxygen atoms in total. The van der Waals surface area contributed by atoms with E-state index in [2.05, 4.69) is 39.7 Å². The molecule has 3 aromatic heterocycles. The Morgan fingerprint density at radius 2 is 2.00 bits per heavy atom. The fraction of sp³-hybridized carbons (Fsp3) is 0.211. The van der Waals surface area contributed by atoms with Crippen molar-refractivity contribution in [3.05, 3.63) is 64.9 Å². The summed E-state index contributed by atoms with van der Waals surface area (Å²) in [6, 6.07) is 16.1. The summed E-state index contributed by atoms with van der Waals surface area (Å²) in [7, 11) is 0. The molecular weight excluding hydrogens is 346 g/mol. The van der Waals surface area contributed by atoms with Crippen LogP contribution >= 0.6 is 11.3 Å². The molecule has 0 unspecified atom stereocenters. The zero-order valence-corrected chi connectivity index (χ0v) is 15.2. The summed E-state index contributed by atoms with van der Waals surface area (Å²) in [6.45, 7) is 3.27. The van der Waals surface area contributed by atoms with Crippen LogP contribution in [0.15, 0.2) is 59.3 Å². The lowest BCUT2D eigenvalue weighted by Crippen LogP contribution is -2.22. The van der Waals surface area contributed by atoms with Crippen molar-refractivity contribution in [1.29, 1.82) is 0 Å². The first-order valence-corrected chi connectivity index (χ1v) is 9.37. The lowest BCUT2D eigenvalue weighted by Gasteiger charge is -2.15. The molecule has 26 heavy (non-hydrogen) atoms. The highest BCUT2D eigenvalue weighted by molar-refractivity contribution is 7.08. The second-order valence-corrected chi connectivity index (χ2v) is 6.85. The van der Waals surface area contributed by atoms with Crippen molar-refractivity contribution in [2.45, 2.75) is 19.6 Å². The summed E-state index contributed by atoms with van der Waals surface area (Å²) in [6.07, 6.45) is 0. The number of benzene rings is 1. The predicted molar refractivity (Wildman–Crippen MR) is 103 cm³/mol. The maximum Gasteiger partial charge on any atom is 0.186 e. The van der Waals surface area contributed by atoms with Gasteiger partial charge in [-0.1, -0.05) is 30.3 Å². The Morgan fingerprint density at radius 3 is 2.81 bits per heavy atom. The molecule has 0 aliphatic heterocycles. The van der Waals surface area contributed by atoms with Crippen molar-refractivity contribution < 1.29 is 4.74 Å². The SMILES string of the molecule is C[C@H](COCc1ccccc1)Nc1ccc2nnc(-c3ccsc3)n2n1. The van der Waals surface area contributed by atoms with Gasteiger partial charge in [-0.3, -0.25) is 0 Å². The molecule has 0 fully saturated rings. The molecule has 0 aliphatic carbocycles. The summed E-state index contributed by atoms with van der Waals surface area (Å²) in [5, 5.41) is 20.5. The molecule has 0 saturated heterocycles. The van der Waals surface area contributed by atoms with Crippen LogP contribution in [0.2, 0.25) is 0 Å². The highest BCUT2D eigenvalue weighted by atomic mass is 32.1. The maximum atomic E-state index is 5.79. The van der Waals surface area contributed by atoms with E-state index in [1.54, 1.807) is 15.9 Å². The highest BCUT2D eigenvalue weighted by Crippen LogP contribution is 2.21. The molecular formula is C19H19N5OS. The topological polar surface area (TPSA) is 64.3 Å². The lowest BCUT2D eigenvalue weighted by atomic mass is 10.2. The van der Waals surface area contributed by atoms with Gasteiger partial charge in [-0.2, -0.15) is 15.9 Å². The Balaban J connectivity index is 1.41. The number of hydrogen-bond acceptors (Lipinski definition) is 6. The van der Waals surface area contributed by atoms with E-state index in [9.17, 15) is 0 Å². The minimum atomic E-state index is 0.129.